The normalized spacial score (nSPS) is 17.9. The number of amides is 1. The van der Waals surface area contributed by atoms with Crippen molar-refractivity contribution in [2.24, 2.45) is 0 Å². The Hall–Kier alpha value is -1.46. The molecule has 3 nitrogen and oxygen atoms in total. The van der Waals surface area contributed by atoms with Gasteiger partial charge in [-0.15, -0.1) is 22.7 Å². The van der Waals surface area contributed by atoms with E-state index in [1.165, 1.54) is 22.6 Å². The molecular weight excluding hydrogens is 338 g/mol. The smallest absolute Gasteiger partial charge is 0.227 e. The summed E-state index contributed by atoms with van der Waals surface area (Å²) < 4.78 is 0. The largest absolute Gasteiger partial charge is 0.339 e. The van der Waals surface area contributed by atoms with Gasteiger partial charge >= 0.3 is 0 Å². The Kier molecular flexibility index (Phi) is 5.85. The molecule has 24 heavy (non-hydrogen) atoms. The molecule has 0 spiro atoms. The molecule has 1 atom stereocenters. The van der Waals surface area contributed by atoms with E-state index in [4.69, 9.17) is 0 Å². The van der Waals surface area contributed by atoms with Gasteiger partial charge in [0.1, 0.15) is 0 Å². The van der Waals surface area contributed by atoms with Crippen LogP contribution in [0.25, 0.3) is 0 Å². The number of aryl methyl sites for hydroxylation is 1. The first-order valence-electron chi connectivity index (χ1n) is 8.53. The zero-order valence-electron chi connectivity index (χ0n) is 14.0. The summed E-state index contributed by atoms with van der Waals surface area (Å²) in [4.78, 5) is 28.4. The highest BCUT2D eigenvalue weighted by molar-refractivity contribution is 7.12. The van der Waals surface area contributed by atoms with E-state index in [0.717, 1.165) is 42.7 Å². The van der Waals surface area contributed by atoms with Gasteiger partial charge in [0.2, 0.25) is 5.91 Å². The summed E-state index contributed by atoms with van der Waals surface area (Å²) in [5, 5.41) is 4.06. The van der Waals surface area contributed by atoms with Gasteiger partial charge in [-0.1, -0.05) is 6.07 Å². The van der Waals surface area contributed by atoms with E-state index < -0.39 is 0 Å². The summed E-state index contributed by atoms with van der Waals surface area (Å²) >= 11 is 3.23. The van der Waals surface area contributed by atoms with Gasteiger partial charge in [0.25, 0.3) is 0 Å². The van der Waals surface area contributed by atoms with Gasteiger partial charge in [-0.2, -0.15) is 0 Å². The van der Waals surface area contributed by atoms with Gasteiger partial charge in [0.05, 0.1) is 11.3 Å². The maximum Gasteiger partial charge on any atom is 0.227 e. The second kappa shape index (κ2) is 8.08. The standard InChI is InChI=1S/C19H23NO2S2/c1-14(21)18-11-15(13-24-18)12-19(22)20-9-3-2-5-16(20)7-8-17-6-4-10-23-17/h4,6,10-11,13,16H,2-3,5,7-9,12H2,1H3/t16-/m1/s1. The third kappa shape index (κ3) is 4.33. The molecule has 128 valence electrons. The number of nitrogens with zero attached hydrogens (tertiary/aromatic N) is 1. The predicted molar refractivity (Wildman–Crippen MR) is 100 cm³/mol. The minimum Gasteiger partial charge on any atom is -0.339 e. The van der Waals surface area contributed by atoms with E-state index in [1.54, 1.807) is 18.3 Å². The second-order valence-corrected chi connectivity index (χ2v) is 8.35. The summed E-state index contributed by atoms with van der Waals surface area (Å²) in [5.74, 6) is 0.282. The van der Waals surface area contributed by atoms with Crippen LogP contribution < -0.4 is 0 Å². The number of carbonyl (C=O) groups is 2. The Labute approximate surface area is 151 Å². The van der Waals surface area contributed by atoms with E-state index in [-0.39, 0.29) is 11.7 Å². The monoisotopic (exact) mass is 361 g/mol. The van der Waals surface area contributed by atoms with E-state index in [9.17, 15) is 9.59 Å². The number of carbonyl (C=O) groups excluding carboxylic acids is 2. The fourth-order valence-corrected chi connectivity index (χ4v) is 4.86. The predicted octanol–water partition coefficient (Wildman–Crippen LogP) is 4.57. The number of rotatable bonds is 6. The number of piperidine rings is 1. The molecule has 0 radical (unpaired) electrons. The van der Waals surface area contributed by atoms with Crippen LogP contribution in [0.15, 0.2) is 29.0 Å². The van der Waals surface area contributed by atoms with Crippen LogP contribution in [0.2, 0.25) is 0 Å². The lowest BCUT2D eigenvalue weighted by molar-refractivity contribution is -0.134. The maximum absolute atomic E-state index is 12.8. The number of likely N-dealkylation sites (tertiary alicyclic amines) is 1. The van der Waals surface area contributed by atoms with Crippen LogP contribution in [0, 0.1) is 0 Å². The number of Topliss-reactive ketones (excluding diaryl/α,β-unsaturated/α-hetero) is 1. The van der Waals surface area contributed by atoms with Crippen molar-refractivity contribution in [2.75, 3.05) is 6.54 Å². The lowest BCUT2D eigenvalue weighted by atomic mass is 9.97. The Balaban J connectivity index is 1.60. The number of thiophene rings is 2. The minimum atomic E-state index is 0.0745. The molecule has 0 aliphatic carbocycles. The molecule has 5 heteroatoms. The molecule has 1 saturated heterocycles. The maximum atomic E-state index is 12.8. The summed E-state index contributed by atoms with van der Waals surface area (Å²) in [6, 6.07) is 6.50. The molecule has 0 saturated carbocycles. The Morgan fingerprint density at radius 3 is 2.88 bits per heavy atom. The van der Waals surface area contributed by atoms with Crippen molar-refractivity contribution in [1.29, 1.82) is 0 Å². The first-order chi connectivity index (χ1) is 11.6. The van der Waals surface area contributed by atoms with Crippen molar-refractivity contribution in [3.05, 3.63) is 44.3 Å². The zero-order valence-corrected chi connectivity index (χ0v) is 15.6. The highest BCUT2D eigenvalue weighted by atomic mass is 32.1. The van der Waals surface area contributed by atoms with Crippen LogP contribution in [0.1, 0.15) is 52.7 Å². The lowest BCUT2D eigenvalue weighted by Crippen LogP contribution is -2.44. The molecule has 0 unspecified atom stereocenters. The average molecular weight is 362 g/mol. The Bertz CT molecular complexity index is 690. The van der Waals surface area contributed by atoms with E-state index in [2.05, 4.69) is 22.4 Å². The molecule has 1 aliphatic heterocycles. The van der Waals surface area contributed by atoms with Gasteiger partial charge in [-0.3, -0.25) is 9.59 Å². The van der Waals surface area contributed by atoms with Crippen molar-refractivity contribution in [3.8, 4) is 0 Å². The number of hydrogen-bond donors (Lipinski definition) is 0. The van der Waals surface area contributed by atoms with Gasteiger partial charge < -0.3 is 4.90 Å². The fourth-order valence-electron chi connectivity index (χ4n) is 3.32. The Morgan fingerprint density at radius 2 is 2.17 bits per heavy atom. The van der Waals surface area contributed by atoms with Crippen LogP contribution in [0.3, 0.4) is 0 Å². The average Bonchev–Trinajstić information content (AvgIpc) is 3.25. The molecule has 1 amide bonds. The SMILES string of the molecule is CC(=O)c1cc(CC(=O)N2CCCC[C@@H]2CCc2cccs2)cs1. The molecule has 0 N–H and O–H groups in total. The fraction of sp³-hybridized carbons (Fsp3) is 0.474. The summed E-state index contributed by atoms with van der Waals surface area (Å²) in [6.45, 7) is 2.44. The third-order valence-corrected chi connectivity index (χ3v) is 6.62. The van der Waals surface area contributed by atoms with Crippen molar-refractivity contribution in [1.82, 2.24) is 4.90 Å². The first kappa shape index (κ1) is 17.4. The number of hydrogen-bond acceptors (Lipinski definition) is 4. The van der Waals surface area contributed by atoms with Crippen molar-refractivity contribution < 1.29 is 9.59 Å². The van der Waals surface area contributed by atoms with Crippen molar-refractivity contribution in [3.63, 3.8) is 0 Å². The summed E-state index contributed by atoms with van der Waals surface area (Å²) in [6.07, 6.45) is 5.95. The second-order valence-electron chi connectivity index (χ2n) is 6.41. The van der Waals surface area contributed by atoms with Crippen molar-refractivity contribution >= 4 is 34.4 Å². The molecule has 1 aliphatic rings. The first-order valence-corrected chi connectivity index (χ1v) is 10.3. The van der Waals surface area contributed by atoms with Crippen LogP contribution in [-0.4, -0.2) is 29.2 Å². The molecule has 2 aromatic heterocycles. The van der Waals surface area contributed by atoms with Crippen molar-refractivity contribution in [2.45, 2.75) is 51.5 Å². The highest BCUT2D eigenvalue weighted by Crippen LogP contribution is 2.24. The highest BCUT2D eigenvalue weighted by Gasteiger charge is 2.26. The van der Waals surface area contributed by atoms with Crippen LogP contribution >= 0.6 is 22.7 Å². The van der Waals surface area contributed by atoms with Crippen LogP contribution in [0.5, 0.6) is 0 Å². The molecule has 2 aromatic rings. The molecule has 3 heterocycles. The Morgan fingerprint density at radius 1 is 1.29 bits per heavy atom. The topological polar surface area (TPSA) is 37.4 Å². The van der Waals surface area contributed by atoms with Gasteiger partial charge in [-0.05, 0) is 67.5 Å². The van der Waals surface area contributed by atoms with Crippen LogP contribution in [-0.2, 0) is 17.6 Å². The molecule has 0 bridgehead atoms. The lowest BCUT2D eigenvalue weighted by Gasteiger charge is -2.36. The molecular formula is C19H23NO2S2. The van der Waals surface area contributed by atoms with Gasteiger partial charge in [-0.25, -0.2) is 0 Å². The zero-order chi connectivity index (χ0) is 16.9. The number of ketones is 1. The minimum absolute atomic E-state index is 0.0745. The van der Waals surface area contributed by atoms with E-state index in [0.29, 0.717) is 12.5 Å². The summed E-state index contributed by atoms with van der Waals surface area (Å²) in [7, 11) is 0. The summed E-state index contributed by atoms with van der Waals surface area (Å²) in [5.41, 5.74) is 0.970. The molecule has 3 rings (SSSR count). The van der Waals surface area contributed by atoms with Crippen LogP contribution in [0.4, 0.5) is 0 Å². The van der Waals surface area contributed by atoms with E-state index >= 15 is 0 Å². The van der Waals surface area contributed by atoms with E-state index in [1.807, 2.05) is 11.4 Å². The molecule has 0 aromatic carbocycles. The quantitative estimate of drug-likeness (QED) is 0.707. The van der Waals surface area contributed by atoms with Gasteiger partial charge in [0, 0.05) is 17.5 Å². The third-order valence-electron chi connectivity index (χ3n) is 4.61. The van der Waals surface area contributed by atoms with Gasteiger partial charge in [0.15, 0.2) is 5.78 Å². The molecule has 1 fully saturated rings.